The van der Waals surface area contributed by atoms with Crippen LogP contribution >= 0.6 is 11.8 Å². The van der Waals surface area contributed by atoms with Crippen molar-refractivity contribution in [2.75, 3.05) is 11.5 Å². The van der Waals surface area contributed by atoms with Crippen LogP contribution < -0.4 is 5.32 Å². The summed E-state index contributed by atoms with van der Waals surface area (Å²) in [6.07, 6.45) is 1.22. The molecule has 2 saturated heterocycles. The molecule has 7 nitrogen and oxygen atoms in total. The van der Waals surface area contributed by atoms with Crippen LogP contribution in [0.4, 0.5) is 4.79 Å². The fourth-order valence-corrected chi connectivity index (χ4v) is 4.32. The van der Waals surface area contributed by atoms with Crippen molar-refractivity contribution in [3.8, 4) is 0 Å². The monoisotopic (exact) mass is 344 g/mol. The van der Waals surface area contributed by atoms with Crippen LogP contribution in [0.2, 0.25) is 0 Å². The second-order valence-electron chi connectivity index (χ2n) is 5.97. The molecule has 0 radical (unpaired) electrons. The van der Waals surface area contributed by atoms with E-state index in [1.54, 1.807) is 11.8 Å². The zero-order chi connectivity index (χ0) is 16.6. The first-order valence-corrected chi connectivity index (χ1v) is 8.89. The first-order chi connectivity index (χ1) is 11.7. The highest BCUT2D eigenvalue weighted by atomic mass is 32.2. The Hall–Kier alpha value is -2.35. The Labute approximate surface area is 142 Å². The third-order valence-electron chi connectivity index (χ3n) is 4.28. The maximum Gasteiger partial charge on any atom is 0.325 e. The summed E-state index contributed by atoms with van der Waals surface area (Å²) < 4.78 is 5.21. The lowest BCUT2D eigenvalue weighted by molar-refractivity contribution is -0.131. The number of carbonyl (C=O) groups is 2. The van der Waals surface area contributed by atoms with E-state index in [2.05, 4.69) is 15.5 Å². The van der Waals surface area contributed by atoms with E-state index in [0.29, 0.717) is 24.4 Å². The molecule has 8 heteroatoms. The SMILES string of the molecule is O=C1N[C@]2(CCSC2)C(=O)N1Cc1nc(Cc2ccccc2)no1. The van der Waals surface area contributed by atoms with Crippen LogP contribution in [0.3, 0.4) is 0 Å². The van der Waals surface area contributed by atoms with Gasteiger partial charge >= 0.3 is 6.03 Å². The molecule has 1 atom stereocenters. The summed E-state index contributed by atoms with van der Waals surface area (Å²) in [5.74, 6) is 2.11. The lowest BCUT2D eigenvalue weighted by Gasteiger charge is -2.18. The minimum Gasteiger partial charge on any atom is -0.337 e. The molecule has 1 aromatic carbocycles. The summed E-state index contributed by atoms with van der Waals surface area (Å²) in [6, 6.07) is 9.42. The van der Waals surface area contributed by atoms with Crippen molar-refractivity contribution in [3.63, 3.8) is 0 Å². The van der Waals surface area contributed by atoms with Crippen LogP contribution in [0, 0.1) is 0 Å². The number of thioether (sulfide) groups is 1. The maximum atomic E-state index is 12.6. The molecule has 0 saturated carbocycles. The molecule has 2 aromatic rings. The molecule has 0 unspecified atom stereocenters. The topological polar surface area (TPSA) is 88.3 Å². The molecule has 124 valence electrons. The summed E-state index contributed by atoms with van der Waals surface area (Å²) in [7, 11) is 0. The van der Waals surface area contributed by atoms with E-state index < -0.39 is 5.54 Å². The molecule has 24 heavy (non-hydrogen) atoms. The molecule has 2 aliphatic heterocycles. The van der Waals surface area contributed by atoms with E-state index in [1.807, 2.05) is 30.3 Å². The second kappa shape index (κ2) is 5.94. The van der Waals surface area contributed by atoms with Gasteiger partial charge in [0.1, 0.15) is 12.1 Å². The van der Waals surface area contributed by atoms with Gasteiger partial charge in [-0.1, -0.05) is 35.5 Å². The van der Waals surface area contributed by atoms with E-state index in [-0.39, 0.29) is 24.4 Å². The highest BCUT2D eigenvalue weighted by molar-refractivity contribution is 7.99. The molecular formula is C16H16N4O3S. The normalized spacial score (nSPS) is 23.2. The average molecular weight is 344 g/mol. The van der Waals surface area contributed by atoms with Crippen LogP contribution in [-0.4, -0.2) is 44.0 Å². The summed E-state index contributed by atoms with van der Waals surface area (Å²) in [5.41, 5.74) is 0.330. The van der Waals surface area contributed by atoms with Gasteiger partial charge in [-0.15, -0.1) is 0 Å². The number of urea groups is 1. The molecule has 4 rings (SSSR count). The smallest absolute Gasteiger partial charge is 0.325 e. The van der Waals surface area contributed by atoms with Crippen molar-refractivity contribution < 1.29 is 14.1 Å². The van der Waals surface area contributed by atoms with Gasteiger partial charge in [0.05, 0.1) is 0 Å². The second-order valence-corrected chi connectivity index (χ2v) is 7.08. The van der Waals surface area contributed by atoms with Gasteiger partial charge in [-0.2, -0.15) is 16.7 Å². The van der Waals surface area contributed by atoms with Crippen LogP contribution in [0.25, 0.3) is 0 Å². The molecule has 1 aromatic heterocycles. The third-order valence-corrected chi connectivity index (χ3v) is 5.47. The minimum atomic E-state index is -0.741. The number of aromatic nitrogens is 2. The van der Waals surface area contributed by atoms with Crippen molar-refractivity contribution in [2.24, 2.45) is 0 Å². The Kier molecular flexibility index (Phi) is 3.76. The molecule has 2 fully saturated rings. The Morgan fingerprint density at radius 3 is 2.88 bits per heavy atom. The van der Waals surface area contributed by atoms with Gasteiger partial charge in [0, 0.05) is 12.2 Å². The van der Waals surface area contributed by atoms with Crippen molar-refractivity contribution >= 4 is 23.7 Å². The quantitative estimate of drug-likeness (QED) is 0.848. The van der Waals surface area contributed by atoms with Crippen molar-refractivity contribution in [2.45, 2.75) is 24.9 Å². The lowest BCUT2D eigenvalue weighted by atomic mass is 9.99. The van der Waals surface area contributed by atoms with Crippen molar-refractivity contribution in [1.29, 1.82) is 0 Å². The first kappa shape index (κ1) is 15.2. The summed E-state index contributed by atoms with van der Waals surface area (Å²) in [4.78, 5) is 30.2. The van der Waals surface area contributed by atoms with Gasteiger partial charge in [-0.25, -0.2) is 4.79 Å². The Morgan fingerprint density at radius 2 is 2.12 bits per heavy atom. The zero-order valence-corrected chi connectivity index (χ0v) is 13.7. The van der Waals surface area contributed by atoms with Crippen LogP contribution in [0.5, 0.6) is 0 Å². The fraction of sp³-hybridized carbons (Fsp3) is 0.375. The lowest BCUT2D eigenvalue weighted by Crippen LogP contribution is -2.46. The predicted molar refractivity (Wildman–Crippen MR) is 87.3 cm³/mol. The molecule has 2 aliphatic rings. The Bertz CT molecular complexity index is 771. The number of amides is 3. The summed E-state index contributed by atoms with van der Waals surface area (Å²) in [5, 5.41) is 6.76. The van der Waals surface area contributed by atoms with E-state index in [1.165, 1.54) is 4.90 Å². The van der Waals surface area contributed by atoms with Gasteiger partial charge in [0.25, 0.3) is 5.91 Å². The predicted octanol–water partition coefficient (Wildman–Crippen LogP) is 1.59. The van der Waals surface area contributed by atoms with E-state index in [4.69, 9.17) is 4.52 Å². The molecule has 1 spiro atoms. The minimum absolute atomic E-state index is 0.0128. The number of rotatable bonds is 4. The van der Waals surface area contributed by atoms with Gasteiger partial charge in [0.2, 0.25) is 5.89 Å². The zero-order valence-electron chi connectivity index (χ0n) is 12.9. The van der Waals surface area contributed by atoms with Crippen LogP contribution in [0.15, 0.2) is 34.9 Å². The van der Waals surface area contributed by atoms with Crippen LogP contribution in [-0.2, 0) is 17.8 Å². The summed E-state index contributed by atoms with van der Waals surface area (Å²) in [6.45, 7) is 0.0128. The van der Waals surface area contributed by atoms with E-state index in [0.717, 1.165) is 11.3 Å². The first-order valence-electron chi connectivity index (χ1n) is 7.74. The van der Waals surface area contributed by atoms with Crippen molar-refractivity contribution in [3.05, 3.63) is 47.6 Å². The number of benzene rings is 1. The molecular weight excluding hydrogens is 328 g/mol. The molecule has 3 heterocycles. The standard InChI is InChI=1S/C16H16N4O3S/c21-14-16(6-7-24-10-16)18-15(22)20(14)9-13-17-12(19-23-13)8-11-4-2-1-3-5-11/h1-5H,6-10H2,(H,18,22)/t16-/m0/s1. The number of nitrogens with one attached hydrogen (secondary N) is 1. The highest BCUT2D eigenvalue weighted by Gasteiger charge is 2.53. The Morgan fingerprint density at radius 1 is 1.29 bits per heavy atom. The number of hydrogen-bond acceptors (Lipinski definition) is 6. The number of imide groups is 1. The highest BCUT2D eigenvalue weighted by Crippen LogP contribution is 2.33. The summed E-state index contributed by atoms with van der Waals surface area (Å²) >= 11 is 1.68. The largest absolute Gasteiger partial charge is 0.337 e. The third kappa shape index (κ3) is 2.66. The fourth-order valence-electron chi connectivity index (χ4n) is 2.99. The number of nitrogens with zero attached hydrogens (tertiary/aromatic N) is 3. The van der Waals surface area contributed by atoms with Gasteiger partial charge in [0.15, 0.2) is 5.82 Å². The van der Waals surface area contributed by atoms with Gasteiger partial charge in [-0.05, 0) is 17.7 Å². The van der Waals surface area contributed by atoms with Gasteiger partial charge < -0.3 is 9.84 Å². The Balaban J connectivity index is 1.46. The molecule has 3 amide bonds. The van der Waals surface area contributed by atoms with E-state index >= 15 is 0 Å². The van der Waals surface area contributed by atoms with Crippen molar-refractivity contribution in [1.82, 2.24) is 20.4 Å². The molecule has 0 aliphatic carbocycles. The number of carbonyl (C=O) groups excluding carboxylic acids is 2. The maximum absolute atomic E-state index is 12.6. The molecule has 1 N–H and O–H groups in total. The number of hydrogen-bond donors (Lipinski definition) is 1. The average Bonchev–Trinajstić information content (AvgIpc) is 3.27. The molecule has 0 bridgehead atoms. The van der Waals surface area contributed by atoms with Crippen LogP contribution in [0.1, 0.15) is 23.7 Å². The van der Waals surface area contributed by atoms with E-state index in [9.17, 15) is 9.59 Å². The van der Waals surface area contributed by atoms with Gasteiger partial charge in [-0.3, -0.25) is 9.69 Å².